The van der Waals surface area contributed by atoms with Gasteiger partial charge in [0.15, 0.2) is 9.04 Å². The molecule has 0 N–H and O–H groups in total. The van der Waals surface area contributed by atoms with Crippen LogP contribution in [0.25, 0.3) is 0 Å². The molecular formula is C13H22OSi. The molecule has 0 aliphatic heterocycles. The van der Waals surface area contributed by atoms with E-state index < -0.39 is 9.04 Å². The quantitative estimate of drug-likeness (QED) is 0.527. The molecule has 3 aliphatic carbocycles. The Bertz CT molecular complexity index is 274. The van der Waals surface area contributed by atoms with E-state index in [1.54, 1.807) is 0 Å². The molecule has 0 aromatic rings. The Morgan fingerprint density at radius 3 is 2.80 bits per heavy atom. The van der Waals surface area contributed by atoms with Gasteiger partial charge in [0, 0.05) is 12.5 Å². The van der Waals surface area contributed by atoms with Gasteiger partial charge in [-0.3, -0.25) is 0 Å². The van der Waals surface area contributed by atoms with E-state index >= 15 is 0 Å². The molecule has 3 aliphatic rings. The van der Waals surface area contributed by atoms with E-state index in [9.17, 15) is 0 Å². The topological polar surface area (TPSA) is 9.23 Å². The second kappa shape index (κ2) is 3.74. The van der Waals surface area contributed by atoms with Gasteiger partial charge in [-0.25, -0.2) is 0 Å². The Labute approximate surface area is 94.6 Å². The van der Waals surface area contributed by atoms with Gasteiger partial charge < -0.3 is 4.43 Å². The number of rotatable bonds is 3. The minimum absolute atomic E-state index is 0.764. The summed E-state index contributed by atoms with van der Waals surface area (Å²) in [5, 5.41) is 0. The standard InChI is InChI=1S/C13H22OSi/c1-15(2)14-8-11-5-6-12-9-3-4-10(7-9)13(11)12/h5-6,9-13,15H,3-4,7-8H2,1-2H3. The number of allylic oxidation sites excluding steroid dienone is 1. The first-order valence-electron chi connectivity index (χ1n) is 6.55. The average Bonchev–Trinajstić information content (AvgIpc) is 2.87. The summed E-state index contributed by atoms with van der Waals surface area (Å²) in [4.78, 5) is 0. The Kier molecular flexibility index (Phi) is 2.52. The lowest BCUT2D eigenvalue weighted by Gasteiger charge is -2.29. The fourth-order valence-electron chi connectivity index (χ4n) is 4.17. The third-order valence-electron chi connectivity index (χ3n) is 4.74. The zero-order chi connectivity index (χ0) is 10.4. The summed E-state index contributed by atoms with van der Waals surface area (Å²) >= 11 is 0. The predicted octanol–water partition coefficient (Wildman–Crippen LogP) is 2.83. The van der Waals surface area contributed by atoms with Crippen LogP contribution in [-0.4, -0.2) is 15.6 Å². The molecule has 1 nitrogen and oxygen atoms in total. The number of fused-ring (bicyclic) bond motifs is 5. The highest BCUT2D eigenvalue weighted by Crippen LogP contribution is 2.58. The van der Waals surface area contributed by atoms with Crippen molar-refractivity contribution in [3.05, 3.63) is 12.2 Å². The van der Waals surface area contributed by atoms with E-state index in [0.29, 0.717) is 0 Å². The second-order valence-corrected chi connectivity index (χ2v) is 8.35. The lowest BCUT2D eigenvalue weighted by Crippen LogP contribution is -2.27. The van der Waals surface area contributed by atoms with Crippen molar-refractivity contribution in [1.29, 1.82) is 0 Å². The van der Waals surface area contributed by atoms with Crippen LogP contribution in [0.2, 0.25) is 13.1 Å². The molecule has 2 bridgehead atoms. The van der Waals surface area contributed by atoms with E-state index in [0.717, 1.165) is 36.2 Å². The maximum atomic E-state index is 5.93. The lowest BCUT2D eigenvalue weighted by molar-refractivity contribution is 0.169. The molecule has 15 heavy (non-hydrogen) atoms. The SMILES string of the molecule is C[SiH](C)OCC1C=CC2C3CCC(C3)C12. The molecule has 0 spiro atoms. The highest BCUT2D eigenvalue weighted by atomic mass is 28.3. The van der Waals surface area contributed by atoms with Crippen LogP contribution in [0.5, 0.6) is 0 Å². The van der Waals surface area contributed by atoms with Crippen molar-refractivity contribution in [3.8, 4) is 0 Å². The molecule has 5 unspecified atom stereocenters. The largest absolute Gasteiger partial charge is 0.420 e. The van der Waals surface area contributed by atoms with Crippen molar-refractivity contribution in [2.45, 2.75) is 32.4 Å². The van der Waals surface area contributed by atoms with Crippen LogP contribution < -0.4 is 0 Å². The highest BCUT2D eigenvalue weighted by Gasteiger charge is 2.50. The summed E-state index contributed by atoms with van der Waals surface area (Å²) in [6.45, 7) is 5.57. The van der Waals surface area contributed by atoms with E-state index in [1.165, 1.54) is 19.3 Å². The number of hydrogen-bond donors (Lipinski definition) is 0. The van der Waals surface area contributed by atoms with Gasteiger partial charge in [0.25, 0.3) is 0 Å². The van der Waals surface area contributed by atoms with Crippen LogP contribution in [0, 0.1) is 29.6 Å². The molecule has 84 valence electrons. The molecule has 2 heteroatoms. The lowest BCUT2D eigenvalue weighted by atomic mass is 9.77. The molecule has 0 heterocycles. The van der Waals surface area contributed by atoms with Gasteiger partial charge in [0.2, 0.25) is 0 Å². The van der Waals surface area contributed by atoms with E-state index in [-0.39, 0.29) is 0 Å². The van der Waals surface area contributed by atoms with Gasteiger partial charge in [0.05, 0.1) is 0 Å². The molecule has 2 fully saturated rings. The minimum Gasteiger partial charge on any atom is -0.420 e. The highest BCUT2D eigenvalue weighted by molar-refractivity contribution is 6.48. The molecule has 0 saturated heterocycles. The molecule has 0 amide bonds. The molecular weight excluding hydrogens is 200 g/mol. The maximum Gasteiger partial charge on any atom is 0.170 e. The van der Waals surface area contributed by atoms with Crippen LogP contribution in [0.15, 0.2) is 12.2 Å². The summed E-state index contributed by atoms with van der Waals surface area (Å²) in [6.07, 6.45) is 9.52. The van der Waals surface area contributed by atoms with Gasteiger partial charge in [-0.15, -0.1) is 0 Å². The smallest absolute Gasteiger partial charge is 0.170 e. The first-order valence-corrected chi connectivity index (χ1v) is 9.33. The number of hydrogen-bond acceptors (Lipinski definition) is 1. The predicted molar refractivity (Wildman–Crippen MR) is 65.3 cm³/mol. The Morgan fingerprint density at radius 2 is 2.00 bits per heavy atom. The first kappa shape index (κ1) is 10.1. The average molecular weight is 222 g/mol. The van der Waals surface area contributed by atoms with E-state index in [2.05, 4.69) is 25.2 Å². The zero-order valence-electron chi connectivity index (χ0n) is 9.86. The third kappa shape index (κ3) is 1.62. The Balaban J connectivity index is 1.65. The van der Waals surface area contributed by atoms with Crippen LogP contribution >= 0.6 is 0 Å². The van der Waals surface area contributed by atoms with Crippen LogP contribution in [0.4, 0.5) is 0 Å². The Hall–Kier alpha value is -0.0831. The zero-order valence-corrected chi connectivity index (χ0v) is 11.0. The maximum absolute atomic E-state index is 5.93. The van der Waals surface area contributed by atoms with Crippen molar-refractivity contribution in [2.75, 3.05) is 6.61 Å². The molecule has 2 saturated carbocycles. The van der Waals surface area contributed by atoms with Crippen molar-refractivity contribution in [1.82, 2.24) is 0 Å². The van der Waals surface area contributed by atoms with Gasteiger partial charge in [0.1, 0.15) is 0 Å². The van der Waals surface area contributed by atoms with Gasteiger partial charge >= 0.3 is 0 Å². The van der Waals surface area contributed by atoms with Crippen molar-refractivity contribution >= 4 is 9.04 Å². The summed E-state index contributed by atoms with van der Waals surface area (Å²) in [5.41, 5.74) is 0. The minimum atomic E-state index is -0.817. The fraction of sp³-hybridized carbons (Fsp3) is 0.846. The van der Waals surface area contributed by atoms with Gasteiger partial charge in [-0.2, -0.15) is 0 Å². The fourth-order valence-corrected chi connectivity index (χ4v) is 4.78. The molecule has 0 aromatic heterocycles. The van der Waals surface area contributed by atoms with Crippen LogP contribution in [0.3, 0.4) is 0 Å². The summed E-state index contributed by atoms with van der Waals surface area (Å²) in [7, 11) is -0.817. The molecule has 5 atom stereocenters. The molecule has 0 aromatic carbocycles. The van der Waals surface area contributed by atoms with E-state index in [4.69, 9.17) is 4.43 Å². The van der Waals surface area contributed by atoms with Crippen molar-refractivity contribution in [2.24, 2.45) is 29.6 Å². The third-order valence-corrected chi connectivity index (χ3v) is 5.60. The summed E-state index contributed by atoms with van der Waals surface area (Å²) in [5.74, 6) is 4.75. The molecule has 0 radical (unpaired) electrons. The summed E-state index contributed by atoms with van der Waals surface area (Å²) in [6, 6.07) is 0. The Morgan fingerprint density at radius 1 is 1.20 bits per heavy atom. The monoisotopic (exact) mass is 222 g/mol. The normalized spacial score (nSPS) is 46.7. The van der Waals surface area contributed by atoms with Gasteiger partial charge in [-0.05, 0) is 56.0 Å². The van der Waals surface area contributed by atoms with E-state index in [1.807, 2.05) is 0 Å². The molecule has 3 rings (SSSR count). The van der Waals surface area contributed by atoms with Crippen molar-refractivity contribution in [3.63, 3.8) is 0 Å². The van der Waals surface area contributed by atoms with Crippen LogP contribution in [0.1, 0.15) is 19.3 Å². The van der Waals surface area contributed by atoms with Crippen molar-refractivity contribution < 1.29 is 4.43 Å². The first-order chi connectivity index (χ1) is 7.25. The van der Waals surface area contributed by atoms with Crippen LogP contribution in [-0.2, 0) is 4.43 Å². The summed E-state index contributed by atoms with van der Waals surface area (Å²) < 4.78 is 5.93. The van der Waals surface area contributed by atoms with Gasteiger partial charge in [-0.1, -0.05) is 12.2 Å². The second-order valence-electron chi connectivity index (χ2n) is 5.92.